The van der Waals surface area contributed by atoms with Crippen LogP contribution in [0.1, 0.15) is 0 Å². The van der Waals surface area contributed by atoms with Crippen molar-refractivity contribution in [2.45, 2.75) is 4.90 Å². The highest BCUT2D eigenvalue weighted by Gasteiger charge is 2.15. The monoisotopic (exact) mass is 473 g/mol. The fourth-order valence-corrected chi connectivity index (χ4v) is 4.44. The van der Waals surface area contributed by atoms with Crippen LogP contribution in [0.25, 0.3) is 11.3 Å². The van der Waals surface area contributed by atoms with Gasteiger partial charge >= 0.3 is 0 Å². The van der Waals surface area contributed by atoms with E-state index in [0.29, 0.717) is 43.0 Å². The third kappa shape index (κ3) is 6.02. The molecule has 4 rings (SSSR count). The van der Waals surface area contributed by atoms with E-state index >= 15 is 0 Å². The number of hydrogen-bond acceptors (Lipinski definition) is 7. The molecular formula is C22H24ClN5O3S. The molecule has 2 heterocycles. The molecule has 0 atom stereocenters. The van der Waals surface area contributed by atoms with Gasteiger partial charge < -0.3 is 10.1 Å². The van der Waals surface area contributed by atoms with E-state index in [1.807, 2.05) is 18.2 Å². The molecule has 1 aromatic heterocycles. The molecule has 1 fully saturated rings. The molecular weight excluding hydrogens is 450 g/mol. The van der Waals surface area contributed by atoms with E-state index in [-0.39, 0.29) is 4.90 Å². The lowest BCUT2D eigenvalue weighted by Crippen LogP contribution is -2.41. The van der Waals surface area contributed by atoms with Crippen LogP contribution in [0.3, 0.4) is 0 Å². The van der Waals surface area contributed by atoms with Crippen LogP contribution in [0.5, 0.6) is 0 Å². The van der Waals surface area contributed by atoms with E-state index in [2.05, 4.69) is 24.9 Å². The normalized spacial score (nSPS) is 14.9. The molecule has 1 aliphatic heterocycles. The summed E-state index contributed by atoms with van der Waals surface area (Å²) in [5, 5.41) is 3.77. The van der Waals surface area contributed by atoms with Crippen molar-refractivity contribution in [3.05, 3.63) is 65.8 Å². The Morgan fingerprint density at radius 1 is 1.00 bits per heavy atom. The number of hydrogen-bond donors (Lipinski definition) is 2. The highest BCUT2D eigenvalue weighted by atomic mass is 35.5. The van der Waals surface area contributed by atoms with Crippen molar-refractivity contribution < 1.29 is 13.2 Å². The molecule has 8 nitrogen and oxygen atoms in total. The van der Waals surface area contributed by atoms with Crippen molar-refractivity contribution >= 4 is 33.3 Å². The summed E-state index contributed by atoms with van der Waals surface area (Å²) in [6.45, 7) is 4.03. The third-order valence-corrected chi connectivity index (χ3v) is 6.77. The Labute approximate surface area is 192 Å². The molecule has 1 aliphatic rings. The van der Waals surface area contributed by atoms with Crippen LogP contribution in [0.15, 0.2) is 65.7 Å². The van der Waals surface area contributed by atoms with Gasteiger partial charge in [0.15, 0.2) is 0 Å². The second kappa shape index (κ2) is 10.4. The number of nitrogens with one attached hydrogen (secondary N) is 2. The first-order valence-corrected chi connectivity index (χ1v) is 12.1. The van der Waals surface area contributed by atoms with Crippen LogP contribution in [-0.2, 0) is 14.8 Å². The summed E-state index contributed by atoms with van der Waals surface area (Å²) in [5.74, 6) is 0.414. The maximum absolute atomic E-state index is 12.6. The van der Waals surface area contributed by atoms with Gasteiger partial charge in [0.1, 0.15) is 0 Å². The smallest absolute Gasteiger partial charge is 0.240 e. The van der Waals surface area contributed by atoms with Gasteiger partial charge in [0.05, 0.1) is 23.8 Å². The first-order chi connectivity index (χ1) is 15.5. The van der Waals surface area contributed by atoms with Gasteiger partial charge in [-0.05, 0) is 42.5 Å². The standard InChI is InChI=1S/C22H24ClN5O3S/c23-18-3-1-17(2-4-18)21-9-10-24-22(27-21)26-19-5-7-20(8-6-19)32(29,30)25-11-12-28-13-15-31-16-14-28/h1-10,25H,11-16H2,(H,24,26,27). The highest BCUT2D eigenvalue weighted by molar-refractivity contribution is 7.89. The predicted molar refractivity (Wildman–Crippen MR) is 125 cm³/mol. The lowest BCUT2D eigenvalue weighted by Gasteiger charge is -2.26. The minimum Gasteiger partial charge on any atom is -0.379 e. The Morgan fingerprint density at radius 2 is 1.72 bits per heavy atom. The van der Waals surface area contributed by atoms with Crippen LogP contribution in [0.4, 0.5) is 11.6 Å². The highest BCUT2D eigenvalue weighted by Crippen LogP contribution is 2.22. The average molecular weight is 474 g/mol. The second-order valence-electron chi connectivity index (χ2n) is 7.27. The topological polar surface area (TPSA) is 96.5 Å². The minimum absolute atomic E-state index is 0.209. The summed E-state index contributed by atoms with van der Waals surface area (Å²) < 4.78 is 33.1. The molecule has 2 N–H and O–H groups in total. The SMILES string of the molecule is O=S(=O)(NCCN1CCOCC1)c1ccc(Nc2nccc(-c3ccc(Cl)cc3)n2)cc1. The Hall–Kier alpha value is -2.56. The number of halogens is 1. The Bertz CT molecular complexity index is 1130. The fourth-order valence-electron chi connectivity index (χ4n) is 3.29. The van der Waals surface area contributed by atoms with Crippen LogP contribution < -0.4 is 10.0 Å². The quantitative estimate of drug-likeness (QED) is 0.518. The molecule has 3 aromatic rings. The first kappa shape index (κ1) is 22.6. The van der Waals surface area contributed by atoms with E-state index < -0.39 is 10.0 Å². The van der Waals surface area contributed by atoms with Gasteiger partial charge in [0.2, 0.25) is 16.0 Å². The zero-order valence-electron chi connectivity index (χ0n) is 17.4. The number of anilines is 2. The van der Waals surface area contributed by atoms with Crippen molar-refractivity contribution in [3.8, 4) is 11.3 Å². The summed E-state index contributed by atoms with van der Waals surface area (Å²) in [4.78, 5) is 11.1. The number of nitrogens with zero attached hydrogens (tertiary/aromatic N) is 3. The van der Waals surface area contributed by atoms with Gasteiger partial charge in [-0.3, -0.25) is 4.90 Å². The minimum atomic E-state index is -3.57. The van der Waals surface area contributed by atoms with Crippen molar-refractivity contribution in [3.63, 3.8) is 0 Å². The molecule has 0 aliphatic carbocycles. The molecule has 0 bridgehead atoms. The van der Waals surface area contributed by atoms with Crippen LogP contribution >= 0.6 is 11.6 Å². The number of morpholine rings is 1. The molecule has 2 aromatic carbocycles. The third-order valence-electron chi connectivity index (χ3n) is 5.04. The van der Waals surface area contributed by atoms with Crippen molar-refractivity contribution in [1.29, 1.82) is 0 Å². The molecule has 0 radical (unpaired) electrons. The van der Waals surface area contributed by atoms with E-state index in [4.69, 9.17) is 16.3 Å². The molecule has 32 heavy (non-hydrogen) atoms. The van der Waals surface area contributed by atoms with Crippen molar-refractivity contribution in [2.75, 3.05) is 44.7 Å². The second-order valence-corrected chi connectivity index (χ2v) is 9.48. The maximum atomic E-state index is 12.6. The molecule has 1 saturated heterocycles. The average Bonchev–Trinajstić information content (AvgIpc) is 2.81. The van der Waals surface area contributed by atoms with E-state index in [0.717, 1.165) is 24.3 Å². The van der Waals surface area contributed by atoms with Gasteiger partial charge in [-0.1, -0.05) is 23.7 Å². The Morgan fingerprint density at radius 3 is 2.44 bits per heavy atom. The Kier molecular flexibility index (Phi) is 7.33. The van der Waals surface area contributed by atoms with Gasteiger partial charge in [0, 0.05) is 48.6 Å². The van der Waals surface area contributed by atoms with E-state index in [1.54, 1.807) is 42.6 Å². The van der Waals surface area contributed by atoms with Gasteiger partial charge in [-0.15, -0.1) is 0 Å². The maximum Gasteiger partial charge on any atom is 0.240 e. The van der Waals surface area contributed by atoms with Crippen molar-refractivity contribution in [1.82, 2.24) is 19.6 Å². The largest absolute Gasteiger partial charge is 0.379 e. The lowest BCUT2D eigenvalue weighted by atomic mass is 10.1. The van der Waals surface area contributed by atoms with Crippen molar-refractivity contribution in [2.24, 2.45) is 0 Å². The number of sulfonamides is 1. The Balaban J connectivity index is 1.37. The number of aromatic nitrogens is 2. The molecule has 0 saturated carbocycles. The molecule has 0 unspecified atom stereocenters. The number of ether oxygens (including phenoxy) is 1. The molecule has 10 heteroatoms. The molecule has 168 valence electrons. The summed E-state index contributed by atoms with van der Waals surface area (Å²) in [7, 11) is -3.57. The van der Waals surface area contributed by atoms with E-state index in [1.165, 1.54) is 0 Å². The van der Waals surface area contributed by atoms with Crippen LogP contribution in [0, 0.1) is 0 Å². The zero-order chi connectivity index (χ0) is 22.4. The zero-order valence-corrected chi connectivity index (χ0v) is 18.9. The summed E-state index contributed by atoms with van der Waals surface area (Å²) in [5.41, 5.74) is 2.36. The van der Waals surface area contributed by atoms with Crippen LogP contribution in [0.2, 0.25) is 5.02 Å². The number of rotatable bonds is 8. The summed E-state index contributed by atoms with van der Waals surface area (Å²) in [6, 6.07) is 15.7. The fraction of sp³-hybridized carbons (Fsp3) is 0.273. The van der Waals surface area contributed by atoms with Gasteiger partial charge in [-0.25, -0.2) is 23.1 Å². The lowest BCUT2D eigenvalue weighted by molar-refractivity contribution is 0.0390. The molecule has 0 spiro atoms. The van der Waals surface area contributed by atoms with Gasteiger partial charge in [-0.2, -0.15) is 0 Å². The predicted octanol–water partition coefficient (Wildman–Crippen LogP) is 3.15. The summed E-state index contributed by atoms with van der Waals surface area (Å²) >= 11 is 5.95. The summed E-state index contributed by atoms with van der Waals surface area (Å²) in [6.07, 6.45) is 1.66. The van der Waals surface area contributed by atoms with E-state index in [9.17, 15) is 8.42 Å². The first-order valence-electron chi connectivity index (χ1n) is 10.3. The van der Waals surface area contributed by atoms with Crippen LogP contribution in [-0.4, -0.2) is 62.7 Å². The van der Waals surface area contributed by atoms with Gasteiger partial charge in [0.25, 0.3) is 0 Å². The number of benzene rings is 2. The molecule has 0 amide bonds.